The monoisotopic (exact) mass is 382 g/mol. The van der Waals surface area contributed by atoms with E-state index in [4.69, 9.17) is 9.47 Å². The Labute approximate surface area is 165 Å². The highest BCUT2D eigenvalue weighted by Crippen LogP contribution is 2.41. The van der Waals surface area contributed by atoms with Gasteiger partial charge in [0.15, 0.2) is 18.1 Å². The van der Waals surface area contributed by atoms with Gasteiger partial charge in [-0.2, -0.15) is 0 Å². The van der Waals surface area contributed by atoms with Crippen LogP contribution in [0.15, 0.2) is 42.5 Å². The number of hydrogen-bond donors (Lipinski definition) is 1. The maximum atomic E-state index is 12.1. The second-order valence-corrected chi connectivity index (χ2v) is 7.74. The van der Waals surface area contributed by atoms with Crippen LogP contribution in [0, 0.1) is 0 Å². The van der Waals surface area contributed by atoms with Crippen LogP contribution in [0.25, 0.3) is 0 Å². The molecule has 0 spiro atoms. The van der Waals surface area contributed by atoms with Crippen molar-refractivity contribution >= 4 is 11.8 Å². The van der Waals surface area contributed by atoms with E-state index in [0.29, 0.717) is 17.9 Å². The molecular formula is C22H26N2O4. The molecule has 0 saturated heterocycles. The third-order valence-corrected chi connectivity index (χ3v) is 4.51. The van der Waals surface area contributed by atoms with Gasteiger partial charge in [-0.1, -0.05) is 24.3 Å². The lowest BCUT2D eigenvalue weighted by Crippen LogP contribution is -2.28. The first-order chi connectivity index (χ1) is 13.2. The fourth-order valence-corrected chi connectivity index (χ4v) is 3.12. The summed E-state index contributed by atoms with van der Waals surface area (Å²) in [6, 6.07) is 12.9. The molecule has 0 atom stereocenters. The van der Waals surface area contributed by atoms with Crippen LogP contribution in [0.5, 0.6) is 11.5 Å². The zero-order valence-corrected chi connectivity index (χ0v) is 16.7. The van der Waals surface area contributed by atoms with E-state index in [2.05, 4.69) is 5.32 Å². The van der Waals surface area contributed by atoms with Crippen molar-refractivity contribution in [2.75, 3.05) is 20.7 Å². The van der Waals surface area contributed by atoms with E-state index in [1.165, 1.54) is 4.90 Å². The summed E-state index contributed by atoms with van der Waals surface area (Å²) in [5.74, 6) is 1.04. The first-order valence-electron chi connectivity index (χ1n) is 9.26. The van der Waals surface area contributed by atoms with E-state index in [1.54, 1.807) is 26.2 Å². The quantitative estimate of drug-likeness (QED) is 0.834. The molecule has 1 aliphatic rings. The number of benzene rings is 2. The van der Waals surface area contributed by atoms with Crippen LogP contribution >= 0.6 is 0 Å². The number of ether oxygens (including phenoxy) is 2. The number of amides is 2. The average molecular weight is 382 g/mol. The molecule has 2 aromatic rings. The Morgan fingerprint density at radius 2 is 1.86 bits per heavy atom. The van der Waals surface area contributed by atoms with E-state index >= 15 is 0 Å². The maximum absolute atomic E-state index is 12.1. The summed E-state index contributed by atoms with van der Waals surface area (Å²) in [6.45, 7) is 4.34. The standard InChI is InChI=1S/C22H26N2O4/c1-22(2)12-17-6-5-7-18(20(17)28-22)27-14-19(25)23-13-15-8-10-16(11-9-15)21(26)24(3)4/h5-11H,12-14H2,1-4H3,(H,23,25). The van der Waals surface area contributed by atoms with E-state index < -0.39 is 0 Å². The summed E-state index contributed by atoms with van der Waals surface area (Å²) in [4.78, 5) is 25.6. The van der Waals surface area contributed by atoms with Crippen molar-refractivity contribution in [2.45, 2.75) is 32.4 Å². The zero-order valence-electron chi connectivity index (χ0n) is 16.7. The lowest BCUT2D eigenvalue weighted by molar-refractivity contribution is -0.123. The van der Waals surface area contributed by atoms with Gasteiger partial charge < -0.3 is 19.7 Å². The summed E-state index contributed by atoms with van der Waals surface area (Å²) in [6.07, 6.45) is 0.818. The number of rotatable bonds is 6. The Balaban J connectivity index is 1.51. The van der Waals surface area contributed by atoms with Crippen molar-refractivity contribution in [2.24, 2.45) is 0 Å². The van der Waals surface area contributed by atoms with Gasteiger partial charge in [0.05, 0.1) is 0 Å². The van der Waals surface area contributed by atoms with Crippen LogP contribution in [0.2, 0.25) is 0 Å². The van der Waals surface area contributed by atoms with Crippen LogP contribution in [-0.2, 0) is 17.8 Å². The Hall–Kier alpha value is -3.02. The van der Waals surface area contributed by atoms with Crippen molar-refractivity contribution in [1.82, 2.24) is 10.2 Å². The summed E-state index contributed by atoms with van der Waals surface area (Å²) in [7, 11) is 3.43. The van der Waals surface area contributed by atoms with Crippen molar-refractivity contribution < 1.29 is 19.1 Å². The van der Waals surface area contributed by atoms with Gasteiger partial charge in [-0.3, -0.25) is 9.59 Å². The van der Waals surface area contributed by atoms with E-state index in [9.17, 15) is 9.59 Å². The predicted octanol–water partition coefficient (Wildman–Crippen LogP) is 2.80. The minimum atomic E-state index is -0.260. The van der Waals surface area contributed by atoms with Crippen molar-refractivity contribution in [3.8, 4) is 11.5 Å². The zero-order chi connectivity index (χ0) is 20.3. The van der Waals surface area contributed by atoms with Gasteiger partial charge in [0.2, 0.25) is 0 Å². The molecule has 3 rings (SSSR count). The highest BCUT2D eigenvalue weighted by Gasteiger charge is 2.32. The highest BCUT2D eigenvalue weighted by molar-refractivity contribution is 5.93. The fourth-order valence-electron chi connectivity index (χ4n) is 3.12. The average Bonchev–Trinajstić information content (AvgIpc) is 2.98. The Morgan fingerprint density at radius 3 is 2.54 bits per heavy atom. The molecule has 1 heterocycles. The number of para-hydroxylation sites is 1. The molecule has 0 aromatic heterocycles. The first kappa shape index (κ1) is 19.7. The van der Waals surface area contributed by atoms with E-state index in [0.717, 1.165) is 23.3 Å². The Morgan fingerprint density at radius 1 is 1.14 bits per heavy atom. The van der Waals surface area contributed by atoms with E-state index in [-0.39, 0.29) is 24.0 Å². The summed E-state index contributed by atoms with van der Waals surface area (Å²) in [5, 5.41) is 2.82. The van der Waals surface area contributed by atoms with Gasteiger partial charge in [0, 0.05) is 38.2 Å². The normalized spacial score (nSPS) is 14.0. The molecule has 2 aromatic carbocycles. The van der Waals surface area contributed by atoms with Crippen LogP contribution in [0.4, 0.5) is 0 Å². The van der Waals surface area contributed by atoms with Crippen LogP contribution in [0.1, 0.15) is 35.3 Å². The van der Waals surface area contributed by atoms with E-state index in [1.807, 2.05) is 44.2 Å². The highest BCUT2D eigenvalue weighted by atomic mass is 16.5. The Kier molecular flexibility index (Phi) is 5.58. The number of fused-ring (bicyclic) bond motifs is 1. The predicted molar refractivity (Wildman–Crippen MR) is 107 cm³/mol. The van der Waals surface area contributed by atoms with Crippen LogP contribution in [0.3, 0.4) is 0 Å². The van der Waals surface area contributed by atoms with Crippen LogP contribution < -0.4 is 14.8 Å². The molecule has 148 valence electrons. The molecular weight excluding hydrogens is 356 g/mol. The molecule has 0 unspecified atom stereocenters. The number of nitrogens with one attached hydrogen (secondary N) is 1. The molecule has 28 heavy (non-hydrogen) atoms. The summed E-state index contributed by atoms with van der Waals surface area (Å²) >= 11 is 0. The molecule has 0 radical (unpaired) electrons. The molecule has 1 N–H and O–H groups in total. The third kappa shape index (κ3) is 4.63. The number of carbonyl (C=O) groups excluding carboxylic acids is 2. The van der Waals surface area contributed by atoms with Crippen molar-refractivity contribution in [3.05, 3.63) is 59.2 Å². The second kappa shape index (κ2) is 7.92. The lowest BCUT2D eigenvalue weighted by atomic mass is 10.0. The van der Waals surface area contributed by atoms with Gasteiger partial charge >= 0.3 is 0 Å². The SMILES string of the molecule is CN(C)C(=O)c1ccc(CNC(=O)COc2cccc3c2OC(C)(C)C3)cc1. The largest absolute Gasteiger partial charge is 0.483 e. The molecule has 2 amide bonds. The summed E-state index contributed by atoms with van der Waals surface area (Å²) < 4.78 is 11.6. The van der Waals surface area contributed by atoms with Gasteiger partial charge in [-0.15, -0.1) is 0 Å². The molecule has 0 aliphatic carbocycles. The number of hydrogen-bond acceptors (Lipinski definition) is 4. The molecule has 0 bridgehead atoms. The summed E-state index contributed by atoms with van der Waals surface area (Å²) in [5.41, 5.74) is 2.36. The minimum absolute atomic E-state index is 0.0511. The van der Waals surface area contributed by atoms with Crippen molar-refractivity contribution in [3.63, 3.8) is 0 Å². The fraction of sp³-hybridized carbons (Fsp3) is 0.364. The maximum Gasteiger partial charge on any atom is 0.258 e. The lowest BCUT2D eigenvalue weighted by Gasteiger charge is -2.18. The van der Waals surface area contributed by atoms with Crippen molar-refractivity contribution in [1.29, 1.82) is 0 Å². The Bertz CT molecular complexity index is 873. The van der Waals surface area contributed by atoms with Gasteiger partial charge in [-0.05, 0) is 37.6 Å². The van der Waals surface area contributed by atoms with Crippen LogP contribution in [-0.4, -0.2) is 43.0 Å². The van der Waals surface area contributed by atoms with Gasteiger partial charge in [-0.25, -0.2) is 0 Å². The molecule has 0 saturated carbocycles. The number of nitrogens with zero attached hydrogens (tertiary/aromatic N) is 1. The third-order valence-electron chi connectivity index (χ3n) is 4.51. The number of carbonyl (C=O) groups is 2. The first-order valence-corrected chi connectivity index (χ1v) is 9.26. The smallest absolute Gasteiger partial charge is 0.258 e. The van der Waals surface area contributed by atoms with Gasteiger partial charge in [0.1, 0.15) is 5.60 Å². The second-order valence-electron chi connectivity index (χ2n) is 7.74. The topological polar surface area (TPSA) is 67.9 Å². The molecule has 6 nitrogen and oxygen atoms in total. The minimum Gasteiger partial charge on any atom is -0.483 e. The van der Waals surface area contributed by atoms with Gasteiger partial charge in [0.25, 0.3) is 11.8 Å². The molecule has 0 fully saturated rings. The molecule has 1 aliphatic heterocycles. The molecule has 6 heteroatoms.